The molecule has 1 amide bonds. The first-order valence-corrected chi connectivity index (χ1v) is 3.21. The van der Waals surface area contributed by atoms with Gasteiger partial charge in [-0.25, -0.2) is 4.39 Å². The largest absolute Gasteiger partial charge is 0.366 e. The first kappa shape index (κ1) is 8.39. The van der Waals surface area contributed by atoms with Crippen molar-refractivity contribution in [3.63, 3.8) is 0 Å². The molecule has 0 aliphatic carbocycles. The van der Waals surface area contributed by atoms with Crippen LogP contribution in [0, 0.1) is 5.82 Å². The highest BCUT2D eigenvalue weighted by Gasteiger charge is 2.09. The third-order valence-electron chi connectivity index (χ3n) is 1.40. The molecule has 0 saturated carbocycles. The Morgan fingerprint density at radius 2 is 2.33 bits per heavy atom. The second kappa shape index (κ2) is 3.13. The maximum absolute atomic E-state index is 12.9. The van der Waals surface area contributed by atoms with Gasteiger partial charge in [-0.3, -0.25) is 9.78 Å². The number of primary amides is 1. The third kappa shape index (κ3) is 1.47. The van der Waals surface area contributed by atoms with Crippen LogP contribution in [0.5, 0.6) is 0 Å². The molecule has 4 heteroatoms. The summed E-state index contributed by atoms with van der Waals surface area (Å²) in [6.45, 7) is 3.34. The Labute approximate surface area is 68.7 Å². The van der Waals surface area contributed by atoms with E-state index in [9.17, 15) is 9.18 Å². The van der Waals surface area contributed by atoms with Crippen LogP contribution in [0.15, 0.2) is 25.0 Å². The number of aromatic nitrogens is 1. The molecule has 12 heavy (non-hydrogen) atoms. The van der Waals surface area contributed by atoms with E-state index < -0.39 is 11.7 Å². The second-order valence-electron chi connectivity index (χ2n) is 2.20. The first-order valence-electron chi connectivity index (χ1n) is 3.21. The molecule has 0 radical (unpaired) electrons. The van der Waals surface area contributed by atoms with E-state index in [1.807, 2.05) is 0 Å². The molecule has 0 unspecified atom stereocenters. The molecule has 3 nitrogen and oxygen atoms in total. The number of pyridine rings is 1. The summed E-state index contributed by atoms with van der Waals surface area (Å²) in [6, 6.07) is 1.35. The number of nitrogens with zero attached hydrogens (tertiary/aromatic N) is 1. The minimum Gasteiger partial charge on any atom is -0.366 e. The lowest BCUT2D eigenvalue weighted by molar-refractivity contribution is -0.112. The molecular weight excluding hydrogens is 159 g/mol. The quantitative estimate of drug-likeness (QED) is 0.658. The maximum Gasteiger partial charge on any atom is 0.248 e. The number of hydrogen-bond donors (Lipinski definition) is 1. The highest BCUT2D eigenvalue weighted by atomic mass is 19.1. The van der Waals surface area contributed by atoms with E-state index in [4.69, 9.17) is 5.73 Å². The Kier molecular flexibility index (Phi) is 2.19. The Balaban J connectivity index is 3.11. The highest BCUT2D eigenvalue weighted by molar-refractivity contribution is 6.17. The number of amides is 1. The third-order valence-corrected chi connectivity index (χ3v) is 1.40. The molecule has 0 aliphatic heterocycles. The van der Waals surface area contributed by atoms with E-state index >= 15 is 0 Å². The predicted octanol–water partition coefficient (Wildman–Crippen LogP) is 0.719. The molecule has 1 rings (SSSR count). The van der Waals surface area contributed by atoms with Gasteiger partial charge in [0.2, 0.25) is 5.91 Å². The molecule has 2 N–H and O–H groups in total. The van der Waals surface area contributed by atoms with Crippen LogP contribution < -0.4 is 5.73 Å². The zero-order valence-corrected chi connectivity index (χ0v) is 6.25. The van der Waals surface area contributed by atoms with Crippen molar-refractivity contribution in [2.45, 2.75) is 0 Å². The fourth-order valence-corrected chi connectivity index (χ4v) is 0.753. The monoisotopic (exact) mass is 166 g/mol. The van der Waals surface area contributed by atoms with Gasteiger partial charge in [0.15, 0.2) is 0 Å². The van der Waals surface area contributed by atoms with Gasteiger partial charge in [0, 0.05) is 17.3 Å². The van der Waals surface area contributed by atoms with Gasteiger partial charge in [-0.05, 0) is 6.07 Å². The molecule has 0 aromatic carbocycles. The molecule has 62 valence electrons. The van der Waals surface area contributed by atoms with Gasteiger partial charge in [-0.1, -0.05) is 6.58 Å². The average molecular weight is 166 g/mol. The zero-order chi connectivity index (χ0) is 9.14. The summed E-state index contributed by atoms with van der Waals surface area (Å²) in [4.78, 5) is 14.1. The van der Waals surface area contributed by atoms with Gasteiger partial charge in [-0.15, -0.1) is 0 Å². The Hall–Kier alpha value is -1.71. The number of carbonyl (C=O) groups is 1. The molecule has 0 saturated heterocycles. The van der Waals surface area contributed by atoms with Crippen molar-refractivity contribution < 1.29 is 9.18 Å². The minimum atomic E-state index is -0.736. The molecule has 0 aliphatic rings. The predicted molar refractivity (Wildman–Crippen MR) is 42.4 cm³/mol. The molecule has 0 atom stereocenters. The van der Waals surface area contributed by atoms with E-state index in [1.54, 1.807) is 0 Å². The molecule has 1 heterocycles. The normalized spacial score (nSPS) is 9.42. The lowest BCUT2D eigenvalue weighted by Gasteiger charge is -2.00. The van der Waals surface area contributed by atoms with Crippen molar-refractivity contribution in [2.75, 3.05) is 0 Å². The van der Waals surface area contributed by atoms with Gasteiger partial charge < -0.3 is 5.73 Å². The molecule has 0 spiro atoms. The summed E-state index contributed by atoms with van der Waals surface area (Å²) in [5, 5.41) is 0. The Morgan fingerprint density at radius 3 is 2.83 bits per heavy atom. The minimum absolute atomic E-state index is 0.0464. The summed E-state index contributed by atoms with van der Waals surface area (Å²) in [5.41, 5.74) is 4.96. The number of carbonyl (C=O) groups excluding carboxylic acids is 1. The lowest BCUT2D eigenvalue weighted by Crippen LogP contribution is -2.12. The smallest absolute Gasteiger partial charge is 0.248 e. The summed E-state index contributed by atoms with van der Waals surface area (Å²) >= 11 is 0. The summed E-state index contributed by atoms with van der Waals surface area (Å²) < 4.78 is 12.9. The first-order chi connectivity index (χ1) is 5.63. The van der Waals surface area contributed by atoms with Crippen molar-refractivity contribution in [3.8, 4) is 0 Å². The van der Waals surface area contributed by atoms with Crippen LogP contribution >= 0.6 is 0 Å². The summed E-state index contributed by atoms with van der Waals surface area (Å²) in [6.07, 6.45) is 2.37. The Bertz CT molecular complexity index is 336. The van der Waals surface area contributed by atoms with Crippen LogP contribution in [0.1, 0.15) is 5.56 Å². The zero-order valence-electron chi connectivity index (χ0n) is 6.25. The van der Waals surface area contributed by atoms with Crippen molar-refractivity contribution in [3.05, 3.63) is 36.4 Å². The van der Waals surface area contributed by atoms with Gasteiger partial charge in [0.05, 0.1) is 6.20 Å². The van der Waals surface area contributed by atoms with Crippen molar-refractivity contribution >= 4 is 11.5 Å². The lowest BCUT2D eigenvalue weighted by atomic mass is 10.1. The molecule has 0 bridgehead atoms. The summed E-state index contributed by atoms with van der Waals surface area (Å²) in [7, 11) is 0. The van der Waals surface area contributed by atoms with Gasteiger partial charge in [-0.2, -0.15) is 0 Å². The van der Waals surface area contributed by atoms with Crippen LogP contribution in [0.4, 0.5) is 4.39 Å². The van der Waals surface area contributed by atoms with Gasteiger partial charge >= 0.3 is 0 Å². The van der Waals surface area contributed by atoms with Crippen molar-refractivity contribution in [2.24, 2.45) is 5.73 Å². The van der Waals surface area contributed by atoms with Crippen LogP contribution in [0.25, 0.3) is 5.57 Å². The highest BCUT2D eigenvalue weighted by Crippen LogP contribution is 2.13. The summed E-state index contributed by atoms with van der Waals surface area (Å²) in [5.74, 6) is -1.33. The number of nitrogens with two attached hydrogens (primary N) is 1. The van der Waals surface area contributed by atoms with Crippen molar-refractivity contribution in [1.29, 1.82) is 0 Å². The van der Waals surface area contributed by atoms with Crippen LogP contribution in [-0.4, -0.2) is 10.9 Å². The maximum atomic E-state index is 12.9. The average Bonchev–Trinajstić information content (AvgIpc) is 2.04. The van der Waals surface area contributed by atoms with Crippen molar-refractivity contribution in [1.82, 2.24) is 4.98 Å². The van der Waals surface area contributed by atoms with Crippen LogP contribution in [0.3, 0.4) is 0 Å². The molecular formula is C8H7FN2O. The second-order valence-corrected chi connectivity index (χ2v) is 2.20. The van der Waals surface area contributed by atoms with E-state index in [0.717, 1.165) is 6.20 Å². The van der Waals surface area contributed by atoms with Crippen LogP contribution in [0.2, 0.25) is 0 Å². The number of hydrogen-bond acceptors (Lipinski definition) is 2. The fourth-order valence-electron chi connectivity index (χ4n) is 0.753. The standard InChI is InChI=1S/C8H7FN2O/c1-5(8(10)12)6-2-3-11-4-7(6)9/h2-4H,1H2,(H2,10,12). The number of rotatable bonds is 2. The Morgan fingerprint density at radius 1 is 1.67 bits per heavy atom. The molecule has 0 fully saturated rings. The van der Waals surface area contributed by atoms with E-state index in [-0.39, 0.29) is 11.1 Å². The van der Waals surface area contributed by atoms with E-state index in [1.165, 1.54) is 12.3 Å². The van der Waals surface area contributed by atoms with E-state index in [2.05, 4.69) is 11.6 Å². The van der Waals surface area contributed by atoms with Gasteiger partial charge in [0.1, 0.15) is 5.82 Å². The fraction of sp³-hybridized carbons (Fsp3) is 0. The molecule has 1 aromatic heterocycles. The van der Waals surface area contributed by atoms with E-state index in [0.29, 0.717) is 0 Å². The topological polar surface area (TPSA) is 56.0 Å². The number of halogens is 1. The van der Waals surface area contributed by atoms with Gasteiger partial charge in [0.25, 0.3) is 0 Å². The van der Waals surface area contributed by atoms with Crippen LogP contribution in [-0.2, 0) is 4.79 Å². The molecule has 1 aromatic rings. The SMILES string of the molecule is C=C(C(N)=O)c1ccncc1F.